The van der Waals surface area contributed by atoms with Crippen molar-refractivity contribution in [1.29, 1.82) is 0 Å². The van der Waals surface area contributed by atoms with E-state index in [9.17, 15) is 4.79 Å². The molecule has 0 aromatic heterocycles. The van der Waals surface area contributed by atoms with Gasteiger partial charge in [-0.25, -0.2) is 4.79 Å². The summed E-state index contributed by atoms with van der Waals surface area (Å²) in [5, 5.41) is 0. The third-order valence-corrected chi connectivity index (χ3v) is 1.46. The van der Waals surface area contributed by atoms with Gasteiger partial charge in [0.1, 0.15) is 0 Å². The fraction of sp³-hybridized carbons (Fsp3) is 0.700. The lowest BCUT2D eigenvalue weighted by Gasteiger charge is -2.17. The third kappa shape index (κ3) is 4.39. The van der Waals surface area contributed by atoms with Gasteiger partial charge < -0.3 is 14.2 Å². The van der Waals surface area contributed by atoms with Gasteiger partial charge in [-0.2, -0.15) is 0 Å². The maximum absolute atomic E-state index is 11.3. The molecule has 4 nitrogen and oxygen atoms in total. The fourth-order valence-electron chi connectivity index (χ4n) is 0.872. The van der Waals surface area contributed by atoms with Crippen molar-refractivity contribution in [3.05, 3.63) is 12.2 Å². The molecular formula is C10H18O4. The standard InChI is InChI=1S/C10H18O4/c1-5-12-9(11)8(4)10(13-6-2)14-7-3/h10H,4-7H2,1-3H3. The monoisotopic (exact) mass is 202 g/mol. The van der Waals surface area contributed by atoms with Crippen LogP contribution >= 0.6 is 0 Å². The lowest BCUT2D eigenvalue weighted by molar-refractivity contribution is -0.150. The summed E-state index contributed by atoms with van der Waals surface area (Å²) in [6.07, 6.45) is -0.691. The molecule has 0 spiro atoms. The van der Waals surface area contributed by atoms with Crippen LogP contribution in [0.3, 0.4) is 0 Å². The van der Waals surface area contributed by atoms with Gasteiger partial charge in [0.25, 0.3) is 0 Å². The Bertz CT molecular complexity index is 183. The van der Waals surface area contributed by atoms with Crippen LogP contribution in [0.5, 0.6) is 0 Å². The second-order valence-electron chi connectivity index (χ2n) is 2.49. The van der Waals surface area contributed by atoms with Crippen LogP contribution in [0.4, 0.5) is 0 Å². The van der Waals surface area contributed by atoms with E-state index in [-0.39, 0.29) is 5.57 Å². The molecule has 0 bridgehead atoms. The maximum atomic E-state index is 11.3. The Labute approximate surface area is 84.8 Å². The highest BCUT2D eigenvalue weighted by Crippen LogP contribution is 2.08. The second-order valence-corrected chi connectivity index (χ2v) is 2.49. The first-order chi connectivity index (χ1) is 6.67. The van der Waals surface area contributed by atoms with Gasteiger partial charge in [-0.05, 0) is 20.8 Å². The zero-order valence-corrected chi connectivity index (χ0v) is 9.04. The zero-order valence-electron chi connectivity index (χ0n) is 9.04. The van der Waals surface area contributed by atoms with Crippen molar-refractivity contribution < 1.29 is 19.0 Å². The number of hydrogen-bond acceptors (Lipinski definition) is 4. The Kier molecular flexibility index (Phi) is 7.06. The summed E-state index contributed by atoms with van der Waals surface area (Å²) in [6.45, 7) is 10.2. The molecule has 0 aliphatic carbocycles. The van der Waals surface area contributed by atoms with Crippen LogP contribution in [0.2, 0.25) is 0 Å². The van der Waals surface area contributed by atoms with Crippen molar-refractivity contribution >= 4 is 5.97 Å². The summed E-state index contributed by atoms with van der Waals surface area (Å²) in [6, 6.07) is 0. The van der Waals surface area contributed by atoms with Gasteiger partial charge in [0.15, 0.2) is 6.29 Å². The quantitative estimate of drug-likeness (QED) is 0.356. The topological polar surface area (TPSA) is 44.8 Å². The Hall–Kier alpha value is -0.870. The lowest BCUT2D eigenvalue weighted by atomic mass is 10.3. The molecule has 0 radical (unpaired) electrons. The summed E-state index contributed by atoms with van der Waals surface area (Å²) in [5.74, 6) is -0.473. The molecule has 0 unspecified atom stereocenters. The van der Waals surface area contributed by atoms with Gasteiger partial charge in [-0.15, -0.1) is 0 Å². The summed E-state index contributed by atoms with van der Waals surface area (Å²) in [7, 11) is 0. The molecule has 4 heteroatoms. The van der Waals surface area contributed by atoms with E-state index < -0.39 is 12.3 Å². The molecule has 0 aliphatic rings. The minimum absolute atomic E-state index is 0.204. The molecule has 0 N–H and O–H groups in total. The van der Waals surface area contributed by atoms with Gasteiger partial charge >= 0.3 is 5.97 Å². The van der Waals surface area contributed by atoms with Gasteiger partial charge in [-0.1, -0.05) is 6.58 Å². The average Bonchev–Trinajstić information content (AvgIpc) is 2.17. The highest BCUT2D eigenvalue weighted by Gasteiger charge is 2.20. The van der Waals surface area contributed by atoms with E-state index in [4.69, 9.17) is 14.2 Å². The molecule has 0 rings (SSSR count). The van der Waals surface area contributed by atoms with E-state index in [1.165, 1.54) is 0 Å². The first kappa shape index (κ1) is 13.1. The summed E-state index contributed by atoms with van der Waals surface area (Å²) < 4.78 is 15.2. The average molecular weight is 202 g/mol. The summed E-state index contributed by atoms with van der Waals surface area (Å²) in [4.78, 5) is 11.3. The minimum Gasteiger partial charge on any atom is -0.463 e. The first-order valence-electron chi connectivity index (χ1n) is 4.76. The molecule has 0 saturated heterocycles. The predicted molar refractivity (Wildman–Crippen MR) is 52.8 cm³/mol. The Balaban J connectivity index is 4.19. The van der Waals surface area contributed by atoms with Crippen LogP contribution in [0.1, 0.15) is 20.8 Å². The molecule has 0 atom stereocenters. The van der Waals surface area contributed by atoms with E-state index in [1.807, 2.05) is 13.8 Å². The van der Waals surface area contributed by atoms with E-state index in [0.717, 1.165) is 0 Å². The van der Waals surface area contributed by atoms with Crippen LogP contribution < -0.4 is 0 Å². The molecule has 0 heterocycles. The van der Waals surface area contributed by atoms with Crippen LogP contribution in [0.15, 0.2) is 12.2 Å². The Morgan fingerprint density at radius 3 is 2.00 bits per heavy atom. The van der Waals surface area contributed by atoms with Crippen LogP contribution in [-0.2, 0) is 19.0 Å². The summed E-state index contributed by atoms with van der Waals surface area (Å²) >= 11 is 0. The lowest BCUT2D eigenvalue weighted by Crippen LogP contribution is -2.25. The van der Waals surface area contributed by atoms with Gasteiger partial charge in [0.2, 0.25) is 0 Å². The third-order valence-electron chi connectivity index (χ3n) is 1.46. The van der Waals surface area contributed by atoms with Crippen molar-refractivity contribution in [2.24, 2.45) is 0 Å². The Morgan fingerprint density at radius 2 is 1.64 bits per heavy atom. The van der Waals surface area contributed by atoms with Crippen LogP contribution in [-0.4, -0.2) is 32.1 Å². The van der Waals surface area contributed by atoms with E-state index in [0.29, 0.717) is 19.8 Å². The first-order valence-corrected chi connectivity index (χ1v) is 4.76. The predicted octanol–water partition coefficient (Wildman–Crippen LogP) is 1.50. The molecule has 0 fully saturated rings. The van der Waals surface area contributed by atoms with Gasteiger partial charge in [0.05, 0.1) is 12.2 Å². The largest absolute Gasteiger partial charge is 0.463 e. The molecule has 0 aromatic carbocycles. The maximum Gasteiger partial charge on any atom is 0.338 e. The molecular weight excluding hydrogens is 184 g/mol. The normalized spacial score (nSPS) is 10.3. The number of ether oxygens (including phenoxy) is 3. The van der Waals surface area contributed by atoms with E-state index >= 15 is 0 Å². The molecule has 0 saturated carbocycles. The smallest absolute Gasteiger partial charge is 0.338 e. The van der Waals surface area contributed by atoms with Crippen molar-refractivity contribution in [3.63, 3.8) is 0 Å². The number of carbonyl (C=O) groups is 1. The molecule has 0 amide bonds. The molecule has 14 heavy (non-hydrogen) atoms. The highest BCUT2D eigenvalue weighted by molar-refractivity contribution is 5.88. The van der Waals surface area contributed by atoms with E-state index in [2.05, 4.69) is 6.58 Å². The van der Waals surface area contributed by atoms with E-state index in [1.54, 1.807) is 6.92 Å². The second kappa shape index (κ2) is 7.53. The molecule has 0 aliphatic heterocycles. The summed E-state index contributed by atoms with van der Waals surface area (Å²) in [5.41, 5.74) is 0.204. The van der Waals surface area contributed by atoms with Crippen molar-refractivity contribution in [2.75, 3.05) is 19.8 Å². The molecule has 0 aromatic rings. The van der Waals surface area contributed by atoms with Gasteiger partial charge in [0, 0.05) is 13.2 Å². The van der Waals surface area contributed by atoms with Crippen molar-refractivity contribution in [2.45, 2.75) is 27.1 Å². The zero-order chi connectivity index (χ0) is 11.0. The number of rotatable bonds is 7. The number of hydrogen-bond donors (Lipinski definition) is 0. The Morgan fingerprint density at radius 1 is 1.14 bits per heavy atom. The fourth-order valence-corrected chi connectivity index (χ4v) is 0.872. The van der Waals surface area contributed by atoms with Crippen molar-refractivity contribution in [1.82, 2.24) is 0 Å². The van der Waals surface area contributed by atoms with Gasteiger partial charge in [-0.3, -0.25) is 0 Å². The SMILES string of the molecule is C=C(C(=O)OCC)C(OCC)OCC. The number of esters is 1. The van der Waals surface area contributed by atoms with Crippen LogP contribution in [0, 0.1) is 0 Å². The highest BCUT2D eigenvalue weighted by atomic mass is 16.7. The van der Waals surface area contributed by atoms with Crippen LogP contribution in [0.25, 0.3) is 0 Å². The minimum atomic E-state index is -0.691. The van der Waals surface area contributed by atoms with Crippen molar-refractivity contribution in [3.8, 4) is 0 Å². The molecule has 82 valence electrons. The number of carbonyl (C=O) groups excluding carboxylic acids is 1.